The van der Waals surface area contributed by atoms with Crippen LogP contribution >= 0.6 is 0 Å². The van der Waals surface area contributed by atoms with Crippen molar-refractivity contribution in [3.05, 3.63) is 12.0 Å². The summed E-state index contributed by atoms with van der Waals surface area (Å²) in [5, 5.41) is 0.194. The fraction of sp³-hybridized carbons (Fsp3) is 0.700. The van der Waals surface area contributed by atoms with Crippen LogP contribution in [0.25, 0.3) is 0 Å². The average Bonchev–Trinajstić information content (AvgIpc) is 2.77. The molecule has 1 N–H and O–H groups in total. The number of sulfonamides is 1. The summed E-state index contributed by atoms with van der Waals surface area (Å²) in [6.07, 6.45) is 1.39. The number of H-pyrrole nitrogens is 1. The standard InChI is InChI=1S/C10H18N4O2S/c1-3-13-4-6-14(7-5-13)17(15,16)10-8-11-9(2)12-10/h8H,3-7H2,1-2H3,(H,11,12). The van der Waals surface area contributed by atoms with Crippen LogP contribution in [0.1, 0.15) is 12.7 Å². The first-order valence-corrected chi connectivity index (χ1v) is 7.22. The van der Waals surface area contributed by atoms with Crippen LogP contribution in [-0.2, 0) is 10.0 Å². The number of nitrogens with one attached hydrogen (secondary N) is 1. The molecule has 0 spiro atoms. The molecule has 0 atom stereocenters. The van der Waals surface area contributed by atoms with Crippen LogP contribution in [-0.4, -0.2) is 60.3 Å². The first-order chi connectivity index (χ1) is 8.04. The van der Waals surface area contributed by atoms with Crippen LogP contribution in [0.4, 0.5) is 0 Å². The molecule has 2 rings (SSSR count). The van der Waals surface area contributed by atoms with E-state index in [0.717, 1.165) is 19.6 Å². The number of aromatic amines is 1. The lowest BCUT2D eigenvalue weighted by Crippen LogP contribution is -2.48. The Morgan fingerprint density at radius 1 is 1.35 bits per heavy atom. The molecular formula is C10H18N4O2S. The van der Waals surface area contributed by atoms with Gasteiger partial charge in [0.05, 0.1) is 6.20 Å². The number of aryl methyl sites for hydroxylation is 1. The predicted molar refractivity (Wildman–Crippen MR) is 64.2 cm³/mol. The van der Waals surface area contributed by atoms with E-state index >= 15 is 0 Å². The molecule has 0 amide bonds. The van der Waals surface area contributed by atoms with Crippen LogP contribution in [0.2, 0.25) is 0 Å². The molecule has 7 heteroatoms. The van der Waals surface area contributed by atoms with E-state index in [-0.39, 0.29) is 5.03 Å². The van der Waals surface area contributed by atoms with Crippen molar-refractivity contribution in [2.75, 3.05) is 32.7 Å². The molecule has 17 heavy (non-hydrogen) atoms. The van der Waals surface area contributed by atoms with Crippen molar-refractivity contribution in [1.82, 2.24) is 19.2 Å². The number of likely N-dealkylation sites (N-methyl/N-ethyl adjacent to an activating group) is 1. The largest absolute Gasteiger partial charge is 0.332 e. The zero-order chi connectivity index (χ0) is 12.5. The molecule has 1 aliphatic rings. The van der Waals surface area contributed by atoms with E-state index in [4.69, 9.17) is 0 Å². The molecule has 0 aromatic carbocycles. The van der Waals surface area contributed by atoms with Crippen LogP contribution in [0, 0.1) is 6.92 Å². The van der Waals surface area contributed by atoms with Gasteiger partial charge in [0.2, 0.25) is 0 Å². The Morgan fingerprint density at radius 3 is 2.47 bits per heavy atom. The van der Waals surface area contributed by atoms with Crippen LogP contribution in [0.3, 0.4) is 0 Å². The summed E-state index contributed by atoms with van der Waals surface area (Å²) in [4.78, 5) is 8.96. The summed E-state index contributed by atoms with van der Waals surface area (Å²) < 4.78 is 26.0. The molecular weight excluding hydrogens is 240 g/mol. The zero-order valence-electron chi connectivity index (χ0n) is 10.2. The molecule has 0 bridgehead atoms. The van der Waals surface area contributed by atoms with E-state index in [1.807, 2.05) is 0 Å². The Kier molecular flexibility index (Phi) is 3.50. The number of hydrogen-bond donors (Lipinski definition) is 1. The monoisotopic (exact) mass is 258 g/mol. The van der Waals surface area contributed by atoms with Gasteiger partial charge in [-0.05, 0) is 13.5 Å². The zero-order valence-corrected chi connectivity index (χ0v) is 11.0. The molecule has 0 aliphatic carbocycles. The maximum atomic E-state index is 12.2. The normalized spacial score (nSPS) is 19.6. The van der Waals surface area contributed by atoms with Gasteiger partial charge >= 0.3 is 0 Å². The molecule has 1 saturated heterocycles. The number of imidazole rings is 1. The van der Waals surface area contributed by atoms with Gasteiger partial charge in [-0.15, -0.1) is 0 Å². The minimum atomic E-state index is -3.38. The Bertz CT molecular complexity index is 474. The third-order valence-electron chi connectivity index (χ3n) is 3.08. The summed E-state index contributed by atoms with van der Waals surface area (Å²) >= 11 is 0. The number of aromatic nitrogens is 2. The summed E-state index contributed by atoms with van der Waals surface area (Å²) in [7, 11) is -3.38. The highest BCUT2D eigenvalue weighted by atomic mass is 32.2. The molecule has 96 valence electrons. The SMILES string of the molecule is CCN1CCN(S(=O)(=O)c2cnc(C)[nH]2)CC1. The van der Waals surface area contributed by atoms with Gasteiger partial charge in [-0.1, -0.05) is 6.92 Å². The second kappa shape index (κ2) is 4.75. The second-order valence-electron chi connectivity index (χ2n) is 4.17. The van der Waals surface area contributed by atoms with Gasteiger partial charge in [0.15, 0.2) is 5.03 Å². The van der Waals surface area contributed by atoms with E-state index in [1.54, 1.807) is 6.92 Å². The van der Waals surface area contributed by atoms with E-state index < -0.39 is 10.0 Å². The lowest BCUT2D eigenvalue weighted by molar-refractivity contribution is 0.196. The predicted octanol–water partition coefficient (Wildman–Crippen LogP) is 0.0443. The highest BCUT2D eigenvalue weighted by molar-refractivity contribution is 7.89. The van der Waals surface area contributed by atoms with Crippen molar-refractivity contribution in [2.24, 2.45) is 0 Å². The van der Waals surface area contributed by atoms with Gasteiger partial charge < -0.3 is 9.88 Å². The lowest BCUT2D eigenvalue weighted by Gasteiger charge is -2.32. The van der Waals surface area contributed by atoms with Crippen molar-refractivity contribution in [2.45, 2.75) is 18.9 Å². The molecule has 1 fully saturated rings. The summed E-state index contributed by atoms with van der Waals surface area (Å²) in [5.41, 5.74) is 0. The number of piperazine rings is 1. The molecule has 1 aliphatic heterocycles. The third kappa shape index (κ3) is 2.51. The Hall–Kier alpha value is -0.920. The van der Waals surface area contributed by atoms with Gasteiger partial charge in [-0.3, -0.25) is 0 Å². The van der Waals surface area contributed by atoms with Crippen molar-refractivity contribution < 1.29 is 8.42 Å². The summed E-state index contributed by atoms with van der Waals surface area (Å²) in [5.74, 6) is 0.621. The van der Waals surface area contributed by atoms with E-state index in [2.05, 4.69) is 21.8 Å². The Balaban J connectivity index is 2.12. The fourth-order valence-electron chi connectivity index (χ4n) is 1.95. The van der Waals surface area contributed by atoms with Gasteiger partial charge in [0.25, 0.3) is 10.0 Å². The van der Waals surface area contributed by atoms with Gasteiger partial charge in [-0.25, -0.2) is 13.4 Å². The topological polar surface area (TPSA) is 69.3 Å². The van der Waals surface area contributed by atoms with Crippen molar-refractivity contribution in [3.8, 4) is 0 Å². The number of hydrogen-bond acceptors (Lipinski definition) is 4. The molecule has 0 saturated carbocycles. The van der Waals surface area contributed by atoms with Gasteiger partial charge in [-0.2, -0.15) is 4.31 Å². The lowest BCUT2D eigenvalue weighted by atomic mass is 10.4. The highest BCUT2D eigenvalue weighted by Crippen LogP contribution is 2.15. The average molecular weight is 258 g/mol. The summed E-state index contributed by atoms with van der Waals surface area (Å²) in [6, 6.07) is 0. The summed E-state index contributed by atoms with van der Waals surface area (Å²) in [6.45, 7) is 7.49. The maximum absolute atomic E-state index is 12.2. The van der Waals surface area contributed by atoms with Crippen LogP contribution in [0.15, 0.2) is 11.2 Å². The van der Waals surface area contributed by atoms with Gasteiger partial charge in [0, 0.05) is 26.2 Å². The number of rotatable bonds is 3. The van der Waals surface area contributed by atoms with Crippen molar-refractivity contribution >= 4 is 10.0 Å². The molecule has 0 unspecified atom stereocenters. The molecule has 0 radical (unpaired) electrons. The first-order valence-electron chi connectivity index (χ1n) is 5.78. The molecule has 2 heterocycles. The maximum Gasteiger partial charge on any atom is 0.260 e. The number of nitrogens with zero attached hydrogens (tertiary/aromatic N) is 3. The van der Waals surface area contributed by atoms with Crippen molar-refractivity contribution in [1.29, 1.82) is 0 Å². The molecule has 6 nitrogen and oxygen atoms in total. The first kappa shape index (κ1) is 12.5. The quantitative estimate of drug-likeness (QED) is 0.831. The van der Waals surface area contributed by atoms with E-state index in [9.17, 15) is 8.42 Å². The molecule has 1 aromatic rings. The smallest absolute Gasteiger partial charge is 0.260 e. The minimum Gasteiger partial charge on any atom is -0.332 e. The fourth-order valence-corrected chi connectivity index (χ4v) is 3.34. The third-order valence-corrected chi connectivity index (χ3v) is 4.88. The minimum absolute atomic E-state index is 0.194. The van der Waals surface area contributed by atoms with Gasteiger partial charge in [0.1, 0.15) is 5.82 Å². The Labute approximate surface area is 102 Å². The Morgan fingerprint density at radius 2 is 2.00 bits per heavy atom. The van der Waals surface area contributed by atoms with Crippen LogP contribution in [0.5, 0.6) is 0 Å². The highest BCUT2D eigenvalue weighted by Gasteiger charge is 2.29. The van der Waals surface area contributed by atoms with Crippen LogP contribution < -0.4 is 0 Å². The molecule has 1 aromatic heterocycles. The second-order valence-corrected chi connectivity index (χ2v) is 6.08. The van der Waals surface area contributed by atoms with E-state index in [0.29, 0.717) is 18.9 Å². The van der Waals surface area contributed by atoms with Crippen molar-refractivity contribution in [3.63, 3.8) is 0 Å². The van der Waals surface area contributed by atoms with E-state index in [1.165, 1.54) is 10.5 Å².